The molecule has 0 atom stereocenters. The Balaban J connectivity index is 1.53. The third kappa shape index (κ3) is 8.54. The lowest BCUT2D eigenvalue weighted by molar-refractivity contribution is -0.141. The van der Waals surface area contributed by atoms with Crippen LogP contribution in [0.1, 0.15) is 48.9 Å². The van der Waals surface area contributed by atoms with Crippen molar-refractivity contribution in [2.45, 2.75) is 45.9 Å². The molecule has 0 aliphatic carbocycles. The van der Waals surface area contributed by atoms with Gasteiger partial charge in [-0.05, 0) is 51.7 Å². The van der Waals surface area contributed by atoms with Gasteiger partial charge in [0.15, 0.2) is 5.69 Å². The highest BCUT2D eigenvalue weighted by atomic mass is 32.1. The molecule has 0 unspecified atom stereocenters. The molecule has 2 amide bonds. The molecule has 3 heterocycles. The number of nitrogens with zero attached hydrogens (tertiary/aromatic N) is 4. The van der Waals surface area contributed by atoms with Crippen LogP contribution in [0.5, 0.6) is 5.88 Å². The van der Waals surface area contributed by atoms with Crippen LogP contribution in [0.15, 0.2) is 30.7 Å². The largest absolute Gasteiger partial charge is 0.478 e. The quantitative estimate of drug-likeness (QED) is 0.314. The zero-order valence-electron chi connectivity index (χ0n) is 21.0. The standard InChI is InChI=1S/C23H26F3N7O4S/c1-13-18(20(38-33-13)32-16-12-27-11-15(31-16)23(24,25)26)19(34)30-14-6-7-17(29-10-14)36-9-5-8-28-21(35)37-22(2,3)4/h6-7,10-12H,5,8-9H2,1-4H3,(H,28,35)(H,30,34)(H,31,32). The predicted octanol–water partition coefficient (Wildman–Crippen LogP) is 4.94. The van der Waals surface area contributed by atoms with Crippen LogP contribution in [0.3, 0.4) is 0 Å². The van der Waals surface area contributed by atoms with Crippen LogP contribution in [0.4, 0.5) is 34.5 Å². The van der Waals surface area contributed by atoms with E-state index in [0.717, 1.165) is 17.7 Å². The number of carbonyl (C=O) groups excluding carboxylic acids is 2. The Morgan fingerprint density at radius 1 is 1.11 bits per heavy atom. The summed E-state index contributed by atoms with van der Waals surface area (Å²) in [5.41, 5.74) is -0.850. The van der Waals surface area contributed by atoms with E-state index in [2.05, 4.69) is 35.3 Å². The third-order valence-corrected chi connectivity index (χ3v) is 5.34. The summed E-state index contributed by atoms with van der Waals surface area (Å²) in [6.45, 7) is 7.58. The predicted molar refractivity (Wildman–Crippen MR) is 134 cm³/mol. The lowest BCUT2D eigenvalue weighted by atomic mass is 10.2. The van der Waals surface area contributed by atoms with E-state index in [1.807, 2.05) is 0 Å². The van der Waals surface area contributed by atoms with Crippen LogP contribution < -0.4 is 20.7 Å². The van der Waals surface area contributed by atoms with Crippen molar-refractivity contribution in [1.29, 1.82) is 0 Å². The first-order chi connectivity index (χ1) is 17.8. The number of anilines is 3. The second kappa shape index (κ2) is 12.0. The number of nitrogens with one attached hydrogen (secondary N) is 3. The molecule has 0 saturated heterocycles. The maximum Gasteiger partial charge on any atom is 0.434 e. The molecule has 0 radical (unpaired) electrons. The molecule has 0 saturated carbocycles. The normalized spacial score (nSPS) is 11.6. The Bertz CT molecular complexity index is 1260. The number of halogens is 3. The summed E-state index contributed by atoms with van der Waals surface area (Å²) in [6, 6.07) is 3.15. The zero-order chi connectivity index (χ0) is 27.9. The number of aromatic nitrogens is 4. The number of alkyl carbamates (subject to hydrolysis) is 1. The number of alkyl halides is 3. The minimum absolute atomic E-state index is 0.145. The molecular weight excluding hydrogens is 527 g/mol. The molecule has 15 heteroatoms. The Hall–Kier alpha value is -4.01. The van der Waals surface area contributed by atoms with E-state index in [1.54, 1.807) is 39.8 Å². The van der Waals surface area contributed by atoms with Crippen molar-refractivity contribution in [2.24, 2.45) is 0 Å². The van der Waals surface area contributed by atoms with Crippen molar-refractivity contribution < 1.29 is 32.2 Å². The molecule has 38 heavy (non-hydrogen) atoms. The minimum Gasteiger partial charge on any atom is -0.478 e. The summed E-state index contributed by atoms with van der Waals surface area (Å²) in [5.74, 6) is -0.400. The summed E-state index contributed by atoms with van der Waals surface area (Å²) < 4.78 is 53.6. The molecular formula is C23H26F3N7O4S. The van der Waals surface area contributed by atoms with Crippen LogP contribution in [0, 0.1) is 6.92 Å². The van der Waals surface area contributed by atoms with Gasteiger partial charge in [0.05, 0.1) is 42.1 Å². The van der Waals surface area contributed by atoms with Gasteiger partial charge in [0.2, 0.25) is 5.88 Å². The Morgan fingerprint density at radius 3 is 2.53 bits per heavy atom. The second-order valence-corrected chi connectivity index (χ2v) is 9.63. The molecule has 3 N–H and O–H groups in total. The van der Waals surface area contributed by atoms with Crippen molar-refractivity contribution in [3.8, 4) is 5.88 Å². The van der Waals surface area contributed by atoms with Gasteiger partial charge in [-0.2, -0.15) is 17.5 Å². The summed E-state index contributed by atoms with van der Waals surface area (Å²) in [7, 11) is 0. The molecule has 204 valence electrons. The lowest BCUT2D eigenvalue weighted by Crippen LogP contribution is -2.33. The summed E-state index contributed by atoms with van der Waals surface area (Å²) >= 11 is 0.902. The summed E-state index contributed by atoms with van der Waals surface area (Å²) in [5, 5.41) is 8.20. The first-order valence-corrected chi connectivity index (χ1v) is 12.1. The molecule has 11 nitrogen and oxygen atoms in total. The minimum atomic E-state index is -4.66. The van der Waals surface area contributed by atoms with E-state index >= 15 is 0 Å². The SMILES string of the molecule is Cc1nsc(Nc2cncc(C(F)(F)F)n2)c1C(=O)Nc1ccc(OCCCNC(=O)OC(C)(C)C)nc1. The number of rotatable bonds is 9. The Morgan fingerprint density at radius 2 is 1.87 bits per heavy atom. The van der Waals surface area contributed by atoms with Gasteiger partial charge < -0.3 is 25.4 Å². The second-order valence-electron chi connectivity index (χ2n) is 8.85. The van der Waals surface area contributed by atoms with E-state index in [1.165, 1.54) is 6.20 Å². The maximum absolute atomic E-state index is 12.9. The van der Waals surface area contributed by atoms with Crippen molar-refractivity contribution in [3.63, 3.8) is 0 Å². The fourth-order valence-corrected chi connectivity index (χ4v) is 3.69. The Labute approximate surface area is 220 Å². The highest BCUT2D eigenvalue weighted by Crippen LogP contribution is 2.31. The monoisotopic (exact) mass is 553 g/mol. The highest BCUT2D eigenvalue weighted by Gasteiger charge is 2.33. The number of hydrogen-bond donors (Lipinski definition) is 3. The van der Waals surface area contributed by atoms with Gasteiger partial charge in [-0.3, -0.25) is 9.78 Å². The first-order valence-electron chi connectivity index (χ1n) is 11.3. The van der Waals surface area contributed by atoms with Gasteiger partial charge in [-0.25, -0.2) is 14.8 Å². The first kappa shape index (κ1) is 28.6. The van der Waals surface area contributed by atoms with Crippen molar-refractivity contribution in [3.05, 3.63) is 47.7 Å². The number of hydrogen-bond acceptors (Lipinski definition) is 10. The summed E-state index contributed by atoms with van der Waals surface area (Å²) in [6.07, 6.45) is -1.52. The van der Waals surface area contributed by atoms with Gasteiger partial charge in [0.25, 0.3) is 5.91 Å². The molecule has 0 aromatic carbocycles. The van der Waals surface area contributed by atoms with Gasteiger partial charge in [0.1, 0.15) is 16.4 Å². The molecule has 0 fully saturated rings. The fourth-order valence-electron chi connectivity index (χ4n) is 2.89. The van der Waals surface area contributed by atoms with Gasteiger partial charge in [-0.1, -0.05) is 0 Å². The number of pyridine rings is 1. The maximum atomic E-state index is 12.9. The van der Waals surface area contributed by atoms with Crippen LogP contribution in [-0.4, -0.2) is 50.1 Å². The van der Waals surface area contributed by atoms with Gasteiger partial charge >= 0.3 is 12.3 Å². The van der Waals surface area contributed by atoms with Crippen molar-refractivity contribution in [1.82, 2.24) is 24.6 Å². The molecule has 3 aromatic heterocycles. The van der Waals surface area contributed by atoms with Gasteiger partial charge in [-0.15, -0.1) is 0 Å². The van der Waals surface area contributed by atoms with Crippen LogP contribution in [-0.2, 0) is 10.9 Å². The molecule has 0 aliphatic heterocycles. The third-order valence-electron chi connectivity index (χ3n) is 4.49. The smallest absolute Gasteiger partial charge is 0.434 e. The van der Waals surface area contributed by atoms with E-state index in [0.29, 0.717) is 43.0 Å². The van der Waals surface area contributed by atoms with Crippen LogP contribution in [0.2, 0.25) is 0 Å². The highest BCUT2D eigenvalue weighted by molar-refractivity contribution is 7.10. The topological polar surface area (TPSA) is 140 Å². The fraction of sp³-hybridized carbons (Fsp3) is 0.391. The lowest BCUT2D eigenvalue weighted by Gasteiger charge is -2.19. The molecule has 0 aliphatic rings. The van der Waals surface area contributed by atoms with E-state index in [-0.39, 0.29) is 16.4 Å². The van der Waals surface area contributed by atoms with Gasteiger partial charge in [0, 0.05) is 12.6 Å². The van der Waals surface area contributed by atoms with Crippen LogP contribution in [0.25, 0.3) is 0 Å². The number of aryl methyl sites for hydroxylation is 1. The molecule has 0 spiro atoms. The van der Waals surface area contributed by atoms with E-state index in [9.17, 15) is 22.8 Å². The zero-order valence-corrected chi connectivity index (χ0v) is 21.8. The molecule has 3 rings (SSSR count). The van der Waals surface area contributed by atoms with Crippen molar-refractivity contribution in [2.75, 3.05) is 23.8 Å². The Kier molecular flexibility index (Phi) is 9.04. The van der Waals surface area contributed by atoms with E-state index < -0.39 is 29.5 Å². The van der Waals surface area contributed by atoms with E-state index in [4.69, 9.17) is 9.47 Å². The average molecular weight is 554 g/mol. The molecule has 0 bridgehead atoms. The number of ether oxygens (including phenoxy) is 2. The van der Waals surface area contributed by atoms with Crippen LogP contribution >= 0.6 is 11.5 Å². The summed E-state index contributed by atoms with van der Waals surface area (Å²) in [4.78, 5) is 35.7. The van der Waals surface area contributed by atoms with Crippen molar-refractivity contribution >= 4 is 40.0 Å². The average Bonchev–Trinajstić information content (AvgIpc) is 3.18. The molecule has 3 aromatic rings. The number of carbonyl (C=O) groups is 2. The number of amides is 2.